The van der Waals surface area contributed by atoms with Crippen LogP contribution < -0.4 is 10.0 Å². The van der Waals surface area contributed by atoms with Gasteiger partial charge in [-0.2, -0.15) is 0 Å². The van der Waals surface area contributed by atoms with Gasteiger partial charge in [-0.1, -0.05) is 20.8 Å². The van der Waals surface area contributed by atoms with Crippen LogP contribution in [-0.2, 0) is 16.6 Å². The minimum atomic E-state index is -3.37. The standard InChI is InChI=1S/C13H23N3O2S/c1-9(2)14-7-12-5-13(8-15-12)19(17,18)16-6-11-4-10(11)3/h5,8-11,14-16H,4,6-7H2,1-3H3. The largest absolute Gasteiger partial charge is 0.363 e. The molecule has 0 bridgehead atoms. The van der Waals surface area contributed by atoms with E-state index in [9.17, 15) is 8.42 Å². The summed E-state index contributed by atoms with van der Waals surface area (Å²) in [6.45, 7) is 7.45. The third kappa shape index (κ3) is 4.06. The van der Waals surface area contributed by atoms with Crippen LogP contribution in [0.2, 0.25) is 0 Å². The molecule has 5 nitrogen and oxygen atoms in total. The molecule has 6 heteroatoms. The predicted molar refractivity (Wildman–Crippen MR) is 75.2 cm³/mol. The molecule has 0 aromatic carbocycles. The van der Waals surface area contributed by atoms with Crippen LogP contribution in [0.5, 0.6) is 0 Å². The van der Waals surface area contributed by atoms with Gasteiger partial charge in [-0.25, -0.2) is 13.1 Å². The van der Waals surface area contributed by atoms with E-state index in [2.05, 4.69) is 35.8 Å². The quantitative estimate of drug-likeness (QED) is 0.710. The van der Waals surface area contributed by atoms with Crippen LogP contribution in [0.1, 0.15) is 32.9 Å². The molecule has 1 saturated carbocycles. The number of rotatable bonds is 7. The Morgan fingerprint density at radius 1 is 1.47 bits per heavy atom. The van der Waals surface area contributed by atoms with Crippen molar-refractivity contribution >= 4 is 10.0 Å². The Bertz CT molecular complexity index is 522. The highest BCUT2D eigenvalue weighted by molar-refractivity contribution is 7.89. The van der Waals surface area contributed by atoms with Gasteiger partial charge in [0, 0.05) is 31.0 Å². The summed E-state index contributed by atoms with van der Waals surface area (Å²) in [6.07, 6.45) is 2.68. The van der Waals surface area contributed by atoms with Crippen molar-refractivity contribution in [3.05, 3.63) is 18.0 Å². The van der Waals surface area contributed by atoms with Crippen LogP contribution in [0.15, 0.2) is 17.2 Å². The summed E-state index contributed by atoms with van der Waals surface area (Å²) in [4.78, 5) is 3.32. The Morgan fingerprint density at radius 3 is 2.74 bits per heavy atom. The number of sulfonamides is 1. The Morgan fingerprint density at radius 2 is 2.16 bits per heavy atom. The molecule has 0 aliphatic heterocycles. The number of hydrogen-bond acceptors (Lipinski definition) is 3. The molecule has 19 heavy (non-hydrogen) atoms. The molecule has 1 aromatic rings. The zero-order valence-electron chi connectivity index (χ0n) is 11.7. The average molecular weight is 285 g/mol. The van der Waals surface area contributed by atoms with Crippen LogP contribution >= 0.6 is 0 Å². The van der Waals surface area contributed by atoms with Gasteiger partial charge in [0.15, 0.2) is 0 Å². The van der Waals surface area contributed by atoms with E-state index in [1.165, 1.54) is 0 Å². The van der Waals surface area contributed by atoms with Crippen LogP contribution in [0, 0.1) is 11.8 Å². The lowest BCUT2D eigenvalue weighted by Crippen LogP contribution is -2.26. The van der Waals surface area contributed by atoms with Crippen molar-refractivity contribution in [2.24, 2.45) is 11.8 Å². The monoisotopic (exact) mass is 285 g/mol. The Labute approximate surface area is 115 Å². The molecule has 0 spiro atoms. The SMILES string of the molecule is CC(C)NCc1cc(S(=O)(=O)NCC2CC2C)c[nH]1. The first-order valence-electron chi connectivity index (χ1n) is 6.79. The lowest BCUT2D eigenvalue weighted by atomic mass is 10.3. The average Bonchev–Trinajstić information content (AvgIpc) is 2.85. The van der Waals surface area contributed by atoms with Gasteiger partial charge in [0.1, 0.15) is 0 Å². The van der Waals surface area contributed by atoms with Crippen molar-refractivity contribution in [3.8, 4) is 0 Å². The summed E-state index contributed by atoms with van der Waals surface area (Å²) < 4.78 is 26.8. The van der Waals surface area contributed by atoms with Crippen LogP contribution in [0.3, 0.4) is 0 Å². The molecule has 2 atom stereocenters. The minimum Gasteiger partial charge on any atom is -0.363 e. The Balaban J connectivity index is 1.92. The Kier molecular flexibility index (Phi) is 4.32. The molecule has 0 saturated heterocycles. The number of nitrogens with one attached hydrogen (secondary N) is 3. The maximum absolute atomic E-state index is 12.1. The van der Waals surface area contributed by atoms with Gasteiger partial charge in [0.25, 0.3) is 0 Å². The highest BCUT2D eigenvalue weighted by Gasteiger charge is 2.33. The van der Waals surface area contributed by atoms with Gasteiger partial charge in [-0.3, -0.25) is 0 Å². The summed E-state index contributed by atoms with van der Waals surface area (Å²) in [6, 6.07) is 2.06. The molecular formula is C13H23N3O2S. The van der Waals surface area contributed by atoms with E-state index in [1.54, 1.807) is 12.3 Å². The lowest BCUT2D eigenvalue weighted by Gasteiger charge is -2.05. The minimum absolute atomic E-state index is 0.321. The second kappa shape index (κ2) is 5.64. The number of hydrogen-bond donors (Lipinski definition) is 3. The first-order chi connectivity index (χ1) is 8.88. The van der Waals surface area contributed by atoms with E-state index in [-0.39, 0.29) is 0 Å². The topological polar surface area (TPSA) is 74.0 Å². The third-order valence-electron chi connectivity index (χ3n) is 3.54. The number of H-pyrrole nitrogens is 1. The number of aromatic nitrogens is 1. The fourth-order valence-corrected chi connectivity index (χ4v) is 3.09. The van der Waals surface area contributed by atoms with Crippen LogP contribution in [-0.4, -0.2) is 26.0 Å². The zero-order valence-corrected chi connectivity index (χ0v) is 12.5. The molecular weight excluding hydrogens is 262 g/mol. The summed E-state index contributed by atoms with van der Waals surface area (Å²) in [7, 11) is -3.37. The fourth-order valence-electron chi connectivity index (χ4n) is 1.97. The van der Waals surface area contributed by atoms with E-state index in [0.717, 1.165) is 12.1 Å². The van der Waals surface area contributed by atoms with Crippen LogP contribution in [0.4, 0.5) is 0 Å². The molecule has 1 aliphatic rings. The van der Waals surface area contributed by atoms with E-state index < -0.39 is 10.0 Å². The van der Waals surface area contributed by atoms with Crippen LogP contribution in [0.25, 0.3) is 0 Å². The van der Waals surface area contributed by atoms with Gasteiger partial charge in [0.05, 0.1) is 4.90 Å². The van der Waals surface area contributed by atoms with Crippen molar-refractivity contribution in [2.45, 2.75) is 44.7 Å². The molecule has 0 radical (unpaired) electrons. The smallest absolute Gasteiger partial charge is 0.242 e. The molecule has 2 rings (SSSR count). The van der Waals surface area contributed by atoms with Crippen molar-refractivity contribution in [1.82, 2.24) is 15.0 Å². The molecule has 3 N–H and O–H groups in total. The molecule has 0 amide bonds. The summed E-state index contributed by atoms with van der Waals surface area (Å²) in [5, 5.41) is 3.25. The molecule has 1 aliphatic carbocycles. The van der Waals surface area contributed by atoms with Gasteiger partial charge in [-0.15, -0.1) is 0 Å². The van der Waals surface area contributed by atoms with Gasteiger partial charge in [0.2, 0.25) is 10.0 Å². The third-order valence-corrected chi connectivity index (χ3v) is 4.94. The maximum Gasteiger partial charge on any atom is 0.242 e. The van der Waals surface area contributed by atoms with Crippen molar-refractivity contribution in [3.63, 3.8) is 0 Å². The first kappa shape index (κ1) is 14.6. The Hall–Kier alpha value is -0.850. The highest BCUT2D eigenvalue weighted by atomic mass is 32.2. The summed E-state index contributed by atoms with van der Waals surface area (Å²) in [5.74, 6) is 1.16. The van der Waals surface area contributed by atoms with Gasteiger partial charge >= 0.3 is 0 Å². The normalized spacial score (nSPS) is 22.9. The van der Waals surface area contributed by atoms with Crippen molar-refractivity contribution in [2.75, 3.05) is 6.54 Å². The lowest BCUT2D eigenvalue weighted by molar-refractivity contribution is 0.574. The highest BCUT2D eigenvalue weighted by Crippen LogP contribution is 2.37. The van der Waals surface area contributed by atoms with Crippen molar-refractivity contribution < 1.29 is 8.42 Å². The van der Waals surface area contributed by atoms with E-state index in [0.29, 0.717) is 35.9 Å². The van der Waals surface area contributed by atoms with Gasteiger partial charge < -0.3 is 10.3 Å². The van der Waals surface area contributed by atoms with Gasteiger partial charge in [-0.05, 0) is 24.3 Å². The predicted octanol–water partition coefficient (Wildman–Crippen LogP) is 1.45. The molecule has 1 aromatic heterocycles. The second-order valence-electron chi connectivity index (χ2n) is 5.72. The molecule has 1 fully saturated rings. The first-order valence-corrected chi connectivity index (χ1v) is 8.27. The van der Waals surface area contributed by atoms with E-state index >= 15 is 0 Å². The maximum atomic E-state index is 12.1. The summed E-state index contributed by atoms with van der Waals surface area (Å²) >= 11 is 0. The molecule has 2 unspecified atom stereocenters. The van der Waals surface area contributed by atoms with Crippen molar-refractivity contribution in [1.29, 1.82) is 0 Å². The fraction of sp³-hybridized carbons (Fsp3) is 0.692. The number of aromatic amines is 1. The van der Waals surface area contributed by atoms with E-state index in [1.807, 2.05) is 0 Å². The summed E-state index contributed by atoms with van der Waals surface area (Å²) in [5.41, 5.74) is 0.883. The molecule has 1 heterocycles. The zero-order chi connectivity index (χ0) is 14.0. The molecule has 108 valence electrons. The second-order valence-corrected chi connectivity index (χ2v) is 7.49. The van der Waals surface area contributed by atoms with E-state index in [4.69, 9.17) is 0 Å².